The predicted molar refractivity (Wildman–Crippen MR) is 67.0 cm³/mol. The van der Waals surface area contributed by atoms with Crippen LogP contribution in [0.25, 0.3) is 0 Å². The molecule has 0 aliphatic heterocycles. The first kappa shape index (κ1) is 11.5. The van der Waals surface area contributed by atoms with Gasteiger partial charge in [0.05, 0.1) is 7.11 Å². The van der Waals surface area contributed by atoms with Crippen molar-refractivity contribution < 1.29 is 4.74 Å². The van der Waals surface area contributed by atoms with Crippen molar-refractivity contribution in [2.75, 3.05) is 14.2 Å². The fourth-order valence-electron chi connectivity index (χ4n) is 2.88. The van der Waals surface area contributed by atoms with Crippen molar-refractivity contribution in [1.82, 2.24) is 5.32 Å². The van der Waals surface area contributed by atoms with Crippen molar-refractivity contribution in [3.63, 3.8) is 0 Å². The Morgan fingerprint density at radius 1 is 1.38 bits per heavy atom. The highest BCUT2D eigenvalue weighted by atomic mass is 16.5. The summed E-state index contributed by atoms with van der Waals surface area (Å²) < 4.78 is 5.47. The van der Waals surface area contributed by atoms with Gasteiger partial charge < -0.3 is 10.1 Å². The van der Waals surface area contributed by atoms with E-state index in [1.54, 1.807) is 7.11 Å². The Morgan fingerprint density at radius 3 is 2.75 bits per heavy atom. The van der Waals surface area contributed by atoms with Crippen molar-refractivity contribution in [2.45, 2.75) is 37.6 Å². The zero-order valence-corrected chi connectivity index (χ0v) is 10.4. The molecule has 2 nitrogen and oxygen atoms in total. The van der Waals surface area contributed by atoms with E-state index in [0.717, 1.165) is 5.75 Å². The highest BCUT2D eigenvalue weighted by Gasteiger charge is 2.37. The summed E-state index contributed by atoms with van der Waals surface area (Å²) in [4.78, 5) is 0. The molecule has 1 aliphatic carbocycles. The first-order valence-corrected chi connectivity index (χ1v) is 6.00. The maximum atomic E-state index is 5.47. The van der Waals surface area contributed by atoms with E-state index in [1.807, 2.05) is 6.07 Å². The van der Waals surface area contributed by atoms with Crippen LogP contribution in [0.1, 0.15) is 31.7 Å². The van der Waals surface area contributed by atoms with Gasteiger partial charge in [-0.05, 0) is 37.8 Å². The second kappa shape index (κ2) is 4.46. The standard InChI is InChI=1S/C14H21NO/c1-14(9-8-11(10-14)15-2)12-6-4-5-7-13(12)16-3/h4-7,11,15H,8-10H2,1-3H3. The van der Waals surface area contributed by atoms with E-state index >= 15 is 0 Å². The van der Waals surface area contributed by atoms with Crippen LogP contribution in [0.3, 0.4) is 0 Å². The van der Waals surface area contributed by atoms with E-state index in [0.29, 0.717) is 6.04 Å². The second-order valence-corrected chi connectivity index (χ2v) is 4.99. The molecule has 2 unspecified atom stereocenters. The molecule has 88 valence electrons. The van der Waals surface area contributed by atoms with Crippen LogP contribution in [0.5, 0.6) is 5.75 Å². The molecule has 1 saturated carbocycles. The van der Waals surface area contributed by atoms with E-state index in [4.69, 9.17) is 4.74 Å². The summed E-state index contributed by atoms with van der Waals surface area (Å²) in [5.74, 6) is 1.03. The Morgan fingerprint density at radius 2 is 2.12 bits per heavy atom. The Balaban J connectivity index is 2.29. The van der Waals surface area contributed by atoms with Crippen LogP contribution in [0, 0.1) is 0 Å². The lowest BCUT2D eigenvalue weighted by Gasteiger charge is -2.26. The molecule has 1 aromatic rings. The molecule has 0 bridgehead atoms. The van der Waals surface area contributed by atoms with Gasteiger partial charge in [-0.3, -0.25) is 0 Å². The van der Waals surface area contributed by atoms with Crippen LogP contribution < -0.4 is 10.1 Å². The number of hydrogen-bond acceptors (Lipinski definition) is 2. The molecule has 2 heteroatoms. The fraction of sp³-hybridized carbons (Fsp3) is 0.571. The first-order chi connectivity index (χ1) is 7.69. The predicted octanol–water partition coefficient (Wildman–Crippen LogP) is 2.72. The van der Waals surface area contributed by atoms with Gasteiger partial charge in [-0.25, -0.2) is 0 Å². The van der Waals surface area contributed by atoms with E-state index < -0.39 is 0 Å². The monoisotopic (exact) mass is 219 g/mol. The van der Waals surface area contributed by atoms with Crippen LogP contribution in [0.15, 0.2) is 24.3 Å². The highest BCUT2D eigenvalue weighted by Crippen LogP contribution is 2.44. The van der Waals surface area contributed by atoms with Gasteiger partial charge >= 0.3 is 0 Å². The summed E-state index contributed by atoms with van der Waals surface area (Å²) in [6.45, 7) is 2.35. The lowest BCUT2D eigenvalue weighted by Crippen LogP contribution is -2.26. The SMILES string of the molecule is CNC1CCC(C)(c2ccccc2OC)C1. The third-order valence-electron chi connectivity index (χ3n) is 3.91. The average Bonchev–Trinajstić information content (AvgIpc) is 2.72. The molecule has 0 amide bonds. The maximum absolute atomic E-state index is 5.47. The number of ether oxygens (including phenoxy) is 1. The lowest BCUT2D eigenvalue weighted by atomic mass is 9.80. The molecule has 2 rings (SSSR count). The van der Waals surface area contributed by atoms with Crippen LogP contribution in [-0.2, 0) is 5.41 Å². The van der Waals surface area contributed by atoms with Gasteiger partial charge in [0.25, 0.3) is 0 Å². The zero-order chi connectivity index (χ0) is 11.6. The fourth-order valence-corrected chi connectivity index (χ4v) is 2.88. The molecule has 0 aromatic heterocycles. The summed E-state index contributed by atoms with van der Waals surface area (Å²) in [7, 11) is 3.81. The topological polar surface area (TPSA) is 21.3 Å². The minimum Gasteiger partial charge on any atom is -0.496 e. The van der Waals surface area contributed by atoms with E-state index in [1.165, 1.54) is 24.8 Å². The van der Waals surface area contributed by atoms with Crippen LogP contribution in [0.2, 0.25) is 0 Å². The second-order valence-electron chi connectivity index (χ2n) is 4.99. The quantitative estimate of drug-likeness (QED) is 0.844. The zero-order valence-electron chi connectivity index (χ0n) is 10.4. The van der Waals surface area contributed by atoms with Crippen molar-refractivity contribution in [3.8, 4) is 5.75 Å². The van der Waals surface area contributed by atoms with Gasteiger partial charge in [-0.15, -0.1) is 0 Å². The molecule has 0 saturated heterocycles. The largest absolute Gasteiger partial charge is 0.496 e. The number of rotatable bonds is 3. The van der Waals surface area contributed by atoms with Crippen molar-refractivity contribution in [1.29, 1.82) is 0 Å². The number of nitrogens with one attached hydrogen (secondary N) is 1. The Kier molecular flexibility index (Phi) is 3.20. The van der Waals surface area contributed by atoms with Crippen molar-refractivity contribution in [3.05, 3.63) is 29.8 Å². The molecule has 1 fully saturated rings. The van der Waals surface area contributed by atoms with Gasteiger partial charge in [0, 0.05) is 11.6 Å². The summed E-state index contributed by atoms with van der Waals surface area (Å²) in [5.41, 5.74) is 1.62. The molecule has 1 N–H and O–H groups in total. The number of methoxy groups -OCH3 is 1. The molecular weight excluding hydrogens is 198 g/mol. The van der Waals surface area contributed by atoms with E-state index in [2.05, 4.69) is 37.5 Å². The van der Waals surface area contributed by atoms with Gasteiger partial charge in [0.2, 0.25) is 0 Å². The van der Waals surface area contributed by atoms with Gasteiger partial charge in [0.15, 0.2) is 0 Å². The third-order valence-corrected chi connectivity index (χ3v) is 3.91. The van der Waals surface area contributed by atoms with Crippen LogP contribution >= 0.6 is 0 Å². The molecule has 0 spiro atoms. The Bertz CT molecular complexity index is 364. The first-order valence-electron chi connectivity index (χ1n) is 6.00. The molecule has 1 aliphatic rings. The summed E-state index contributed by atoms with van der Waals surface area (Å²) in [6.07, 6.45) is 3.69. The normalized spacial score (nSPS) is 29.3. The minimum atomic E-state index is 0.264. The maximum Gasteiger partial charge on any atom is 0.122 e. The van der Waals surface area contributed by atoms with E-state index in [-0.39, 0.29) is 5.41 Å². The number of para-hydroxylation sites is 1. The summed E-state index contributed by atoms with van der Waals surface area (Å²) in [6, 6.07) is 9.06. The summed E-state index contributed by atoms with van der Waals surface area (Å²) in [5, 5.41) is 3.39. The van der Waals surface area contributed by atoms with Crippen molar-refractivity contribution >= 4 is 0 Å². The van der Waals surface area contributed by atoms with Gasteiger partial charge in [-0.2, -0.15) is 0 Å². The molecule has 1 aromatic carbocycles. The van der Waals surface area contributed by atoms with Gasteiger partial charge in [0.1, 0.15) is 5.75 Å². The van der Waals surface area contributed by atoms with Crippen LogP contribution in [-0.4, -0.2) is 20.2 Å². The Hall–Kier alpha value is -1.02. The lowest BCUT2D eigenvalue weighted by molar-refractivity contribution is 0.383. The van der Waals surface area contributed by atoms with E-state index in [9.17, 15) is 0 Å². The molecule has 0 radical (unpaired) electrons. The average molecular weight is 219 g/mol. The molecular formula is C14H21NO. The smallest absolute Gasteiger partial charge is 0.122 e. The van der Waals surface area contributed by atoms with Gasteiger partial charge in [-0.1, -0.05) is 25.1 Å². The minimum absolute atomic E-state index is 0.264. The molecule has 0 heterocycles. The summed E-state index contributed by atoms with van der Waals surface area (Å²) >= 11 is 0. The Labute approximate surface area is 98.0 Å². The van der Waals surface area contributed by atoms with Crippen molar-refractivity contribution in [2.24, 2.45) is 0 Å². The number of benzene rings is 1. The molecule has 16 heavy (non-hydrogen) atoms. The molecule has 2 atom stereocenters. The number of hydrogen-bond donors (Lipinski definition) is 1. The third kappa shape index (κ3) is 1.94. The van der Waals surface area contributed by atoms with Crippen LogP contribution in [0.4, 0.5) is 0 Å². The highest BCUT2D eigenvalue weighted by molar-refractivity contribution is 5.40.